The summed E-state index contributed by atoms with van der Waals surface area (Å²) < 4.78 is 18.1. The van der Waals surface area contributed by atoms with Crippen molar-refractivity contribution >= 4 is 34.5 Å². The molecule has 1 amide bonds. The van der Waals surface area contributed by atoms with Crippen LogP contribution in [0.15, 0.2) is 43.0 Å². The lowest BCUT2D eigenvalue weighted by molar-refractivity contribution is -0.119. The summed E-state index contributed by atoms with van der Waals surface area (Å²) in [6.07, 6.45) is 6.65. The van der Waals surface area contributed by atoms with Crippen LogP contribution in [0.4, 0.5) is 17.6 Å². The average molecular weight is 491 g/mol. The highest BCUT2D eigenvalue weighted by molar-refractivity contribution is 5.89. The second-order valence-corrected chi connectivity index (χ2v) is 8.17. The monoisotopic (exact) mass is 490 g/mol. The van der Waals surface area contributed by atoms with Gasteiger partial charge in [0.2, 0.25) is 17.6 Å². The molecule has 36 heavy (non-hydrogen) atoms. The number of anilines is 3. The Morgan fingerprint density at radius 2 is 1.89 bits per heavy atom. The summed E-state index contributed by atoms with van der Waals surface area (Å²) in [5.74, 6) is 2.60. The van der Waals surface area contributed by atoms with E-state index in [1.54, 1.807) is 46.1 Å². The highest BCUT2D eigenvalue weighted by Crippen LogP contribution is 2.39. The van der Waals surface area contributed by atoms with Crippen molar-refractivity contribution in [1.82, 2.24) is 24.5 Å². The standard InChI is InChI=1S/C24H26N8O4/c1-34-17-10-14(11-18(35-2)21(17)36-3)31-12-19(27-13-31)29-23-20-15(6-4-8-26-20)28-24(30-23)32-9-5-7-16(32)22(25)33/h4,6,8,10-13,16H,5,7,9H2,1-3H3,(H2,25,33)(H,28,29,30)/t16-/m0/s1. The van der Waals surface area contributed by atoms with Gasteiger partial charge in [-0.05, 0) is 25.0 Å². The first-order valence-corrected chi connectivity index (χ1v) is 11.3. The Balaban J connectivity index is 1.50. The second-order valence-electron chi connectivity index (χ2n) is 8.17. The maximum Gasteiger partial charge on any atom is 0.240 e. The molecular formula is C24H26N8O4. The van der Waals surface area contributed by atoms with Gasteiger partial charge in [0.05, 0.1) is 38.7 Å². The van der Waals surface area contributed by atoms with Crippen molar-refractivity contribution in [2.45, 2.75) is 18.9 Å². The number of hydrogen-bond donors (Lipinski definition) is 2. The Labute approximate surface area is 207 Å². The Bertz CT molecular complexity index is 1400. The second kappa shape index (κ2) is 9.56. The molecule has 0 unspecified atom stereocenters. The number of hydrogen-bond acceptors (Lipinski definition) is 10. The van der Waals surface area contributed by atoms with Crippen molar-refractivity contribution < 1.29 is 19.0 Å². The number of amides is 1. The van der Waals surface area contributed by atoms with Gasteiger partial charge >= 0.3 is 0 Å². The zero-order chi connectivity index (χ0) is 25.2. The molecule has 3 N–H and O–H groups in total. The number of ether oxygens (including phenoxy) is 3. The van der Waals surface area contributed by atoms with Gasteiger partial charge in [-0.25, -0.2) is 9.97 Å². The highest BCUT2D eigenvalue weighted by Gasteiger charge is 2.31. The molecule has 1 fully saturated rings. The molecule has 186 valence electrons. The van der Waals surface area contributed by atoms with Crippen LogP contribution in [0.2, 0.25) is 0 Å². The van der Waals surface area contributed by atoms with Crippen molar-refractivity contribution in [3.63, 3.8) is 0 Å². The number of nitrogens with zero attached hydrogens (tertiary/aromatic N) is 6. The molecule has 1 aliphatic rings. The number of methoxy groups -OCH3 is 3. The lowest BCUT2D eigenvalue weighted by Crippen LogP contribution is -2.41. The average Bonchev–Trinajstić information content (AvgIpc) is 3.58. The van der Waals surface area contributed by atoms with Crippen LogP contribution in [-0.4, -0.2) is 64.3 Å². The molecule has 0 bridgehead atoms. The molecule has 3 aromatic heterocycles. The zero-order valence-electron chi connectivity index (χ0n) is 20.1. The lowest BCUT2D eigenvalue weighted by atomic mass is 10.2. The number of pyridine rings is 1. The SMILES string of the molecule is COc1cc(-n2cnc(Nc3nc(N4CCC[C@H]4C(N)=O)nc4cccnc34)c2)cc(OC)c1OC. The van der Waals surface area contributed by atoms with E-state index in [1.807, 2.05) is 27.7 Å². The Hall–Kier alpha value is -4.61. The molecule has 1 aromatic carbocycles. The molecule has 1 saturated heterocycles. The fourth-order valence-corrected chi connectivity index (χ4v) is 4.34. The topological polar surface area (TPSA) is 143 Å². The first kappa shape index (κ1) is 23.1. The zero-order valence-corrected chi connectivity index (χ0v) is 20.1. The summed E-state index contributed by atoms with van der Waals surface area (Å²) in [5, 5.41) is 3.25. The number of aromatic nitrogens is 5. The summed E-state index contributed by atoms with van der Waals surface area (Å²) in [4.78, 5) is 32.1. The lowest BCUT2D eigenvalue weighted by Gasteiger charge is -2.22. The van der Waals surface area contributed by atoms with Crippen LogP contribution in [-0.2, 0) is 4.79 Å². The number of primary amides is 1. The van der Waals surface area contributed by atoms with E-state index in [9.17, 15) is 4.79 Å². The van der Waals surface area contributed by atoms with Crippen molar-refractivity contribution in [3.8, 4) is 22.9 Å². The Morgan fingerprint density at radius 3 is 2.58 bits per heavy atom. The first-order chi connectivity index (χ1) is 17.5. The van der Waals surface area contributed by atoms with E-state index in [1.165, 1.54) is 0 Å². The molecule has 1 atom stereocenters. The van der Waals surface area contributed by atoms with Gasteiger partial charge in [0.15, 0.2) is 17.3 Å². The minimum atomic E-state index is -0.439. The van der Waals surface area contributed by atoms with Crippen molar-refractivity contribution in [2.24, 2.45) is 5.73 Å². The van der Waals surface area contributed by atoms with Crippen molar-refractivity contribution in [2.75, 3.05) is 38.1 Å². The number of carbonyl (C=O) groups excluding carboxylic acids is 1. The fraction of sp³-hybridized carbons (Fsp3) is 0.292. The summed E-state index contributed by atoms with van der Waals surface area (Å²) >= 11 is 0. The van der Waals surface area contributed by atoms with E-state index < -0.39 is 6.04 Å². The number of imidazole rings is 1. The summed E-state index contributed by atoms with van der Waals surface area (Å²) in [6.45, 7) is 0.647. The third-order valence-corrected chi connectivity index (χ3v) is 6.06. The molecule has 4 heterocycles. The minimum absolute atomic E-state index is 0.388. The largest absolute Gasteiger partial charge is 0.493 e. The third kappa shape index (κ3) is 4.17. The van der Waals surface area contributed by atoms with Gasteiger partial charge in [-0.15, -0.1) is 0 Å². The number of nitrogens with one attached hydrogen (secondary N) is 1. The van der Waals surface area contributed by atoms with Crippen LogP contribution >= 0.6 is 0 Å². The van der Waals surface area contributed by atoms with Gasteiger partial charge in [0.1, 0.15) is 23.7 Å². The molecule has 0 saturated carbocycles. The molecule has 4 aromatic rings. The van der Waals surface area contributed by atoms with Gasteiger partial charge in [-0.2, -0.15) is 4.98 Å². The number of carbonyl (C=O) groups is 1. The first-order valence-electron chi connectivity index (χ1n) is 11.3. The van der Waals surface area contributed by atoms with Crippen LogP contribution < -0.4 is 30.2 Å². The smallest absolute Gasteiger partial charge is 0.240 e. The Kier molecular flexibility index (Phi) is 6.15. The van der Waals surface area contributed by atoms with E-state index >= 15 is 0 Å². The molecule has 12 heteroatoms. The third-order valence-electron chi connectivity index (χ3n) is 6.06. The number of rotatable bonds is 8. The minimum Gasteiger partial charge on any atom is -0.493 e. The Morgan fingerprint density at radius 1 is 1.11 bits per heavy atom. The van der Waals surface area contributed by atoms with Crippen LogP contribution in [0, 0.1) is 0 Å². The van der Waals surface area contributed by atoms with E-state index in [-0.39, 0.29) is 5.91 Å². The quantitative estimate of drug-likeness (QED) is 0.378. The van der Waals surface area contributed by atoms with Crippen LogP contribution in [0.25, 0.3) is 16.7 Å². The molecule has 0 aliphatic carbocycles. The summed E-state index contributed by atoms with van der Waals surface area (Å²) in [7, 11) is 4.69. The van der Waals surface area contributed by atoms with E-state index in [2.05, 4.69) is 20.3 Å². The van der Waals surface area contributed by atoms with Crippen molar-refractivity contribution in [1.29, 1.82) is 0 Å². The number of nitrogens with two attached hydrogens (primary N) is 1. The summed E-state index contributed by atoms with van der Waals surface area (Å²) in [5.41, 5.74) is 7.60. The van der Waals surface area contributed by atoms with Gasteiger partial charge in [-0.3, -0.25) is 9.78 Å². The van der Waals surface area contributed by atoms with Crippen LogP contribution in [0.3, 0.4) is 0 Å². The molecular weight excluding hydrogens is 464 g/mol. The molecule has 1 aliphatic heterocycles. The molecule has 0 spiro atoms. The molecule has 5 rings (SSSR count). The number of fused-ring (bicyclic) bond motifs is 1. The van der Waals surface area contributed by atoms with E-state index in [0.717, 1.165) is 12.1 Å². The van der Waals surface area contributed by atoms with Crippen LogP contribution in [0.5, 0.6) is 17.2 Å². The van der Waals surface area contributed by atoms with Crippen LogP contribution in [0.1, 0.15) is 12.8 Å². The predicted molar refractivity (Wildman–Crippen MR) is 133 cm³/mol. The van der Waals surface area contributed by atoms with Crippen molar-refractivity contribution in [3.05, 3.63) is 43.0 Å². The highest BCUT2D eigenvalue weighted by atomic mass is 16.5. The maximum atomic E-state index is 12.0. The number of benzene rings is 1. The normalized spacial score (nSPS) is 15.2. The predicted octanol–water partition coefficient (Wildman–Crippen LogP) is 2.43. The van der Waals surface area contributed by atoms with Gasteiger partial charge in [0, 0.05) is 24.9 Å². The fourth-order valence-electron chi connectivity index (χ4n) is 4.34. The van der Waals surface area contributed by atoms with Gasteiger partial charge in [0.25, 0.3) is 0 Å². The molecule has 0 radical (unpaired) electrons. The van der Waals surface area contributed by atoms with Gasteiger partial charge < -0.3 is 34.7 Å². The van der Waals surface area contributed by atoms with E-state index in [4.69, 9.17) is 24.9 Å². The van der Waals surface area contributed by atoms with Gasteiger partial charge in [-0.1, -0.05) is 0 Å². The summed E-state index contributed by atoms with van der Waals surface area (Å²) in [6, 6.07) is 6.86. The maximum absolute atomic E-state index is 12.0. The molecule has 12 nitrogen and oxygen atoms in total. The van der Waals surface area contributed by atoms with E-state index in [0.29, 0.717) is 58.8 Å².